The van der Waals surface area contributed by atoms with Gasteiger partial charge in [-0.25, -0.2) is 0 Å². The third-order valence-corrected chi connectivity index (χ3v) is 3.73. The van der Waals surface area contributed by atoms with E-state index >= 15 is 0 Å². The molecule has 0 spiro atoms. The fourth-order valence-electron chi connectivity index (χ4n) is 2.36. The van der Waals surface area contributed by atoms with Crippen LogP contribution in [0.15, 0.2) is 11.6 Å². The molecule has 2 unspecified atom stereocenters. The van der Waals surface area contributed by atoms with Crippen LogP contribution in [-0.2, 0) is 4.74 Å². The fourth-order valence-corrected chi connectivity index (χ4v) is 2.36. The van der Waals surface area contributed by atoms with Crippen LogP contribution in [0.1, 0.15) is 20.3 Å². The van der Waals surface area contributed by atoms with Gasteiger partial charge in [-0.1, -0.05) is 18.6 Å². The van der Waals surface area contributed by atoms with Crippen molar-refractivity contribution in [2.45, 2.75) is 26.3 Å². The molecule has 2 aliphatic rings. The van der Waals surface area contributed by atoms with Crippen molar-refractivity contribution in [1.82, 2.24) is 4.90 Å². The van der Waals surface area contributed by atoms with Gasteiger partial charge in [0.2, 0.25) is 0 Å². The second-order valence-corrected chi connectivity index (χ2v) is 5.31. The summed E-state index contributed by atoms with van der Waals surface area (Å²) in [6.45, 7) is 9.31. The normalized spacial score (nSPS) is 38.1. The van der Waals surface area contributed by atoms with Crippen molar-refractivity contribution in [3.8, 4) is 0 Å². The van der Waals surface area contributed by atoms with Crippen LogP contribution in [0.25, 0.3) is 0 Å². The zero-order chi connectivity index (χ0) is 10.9. The van der Waals surface area contributed by atoms with E-state index in [1.165, 1.54) is 18.5 Å². The summed E-state index contributed by atoms with van der Waals surface area (Å²) in [4.78, 5) is 2.49. The van der Waals surface area contributed by atoms with Gasteiger partial charge in [0.15, 0.2) is 0 Å². The Morgan fingerprint density at radius 2 is 2.47 bits per heavy atom. The van der Waals surface area contributed by atoms with Gasteiger partial charge in [-0.05, 0) is 13.3 Å². The molecule has 0 aliphatic carbocycles. The van der Waals surface area contributed by atoms with Crippen LogP contribution in [0.2, 0.25) is 0 Å². The molecule has 3 nitrogen and oxygen atoms in total. The maximum Gasteiger partial charge on any atom is 0.0624 e. The minimum Gasteiger partial charge on any atom is -0.379 e. The Hall–Kier alpha value is -0.380. The fraction of sp³-hybridized carbons (Fsp3) is 0.833. The molecule has 1 saturated heterocycles. The number of nitrogens with zero attached hydrogens (tertiary/aromatic N) is 1. The van der Waals surface area contributed by atoms with Crippen LogP contribution in [0, 0.1) is 5.41 Å². The molecule has 0 bridgehead atoms. The van der Waals surface area contributed by atoms with Crippen molar-refractivity contribution in [3.05, 3.63) is 11.6 Å². The van der Waals surface area contributed by atoms with Gasteiger partial charge in [-0.3, -0.25) is 4.90 Å². The predicted molar refractivity (Wildman–Crippen MR) is 61.7 cm³/mol. The van der Waals surface area contributed by atoms with Crippen LogP contribution in [0.4, 0.5) is 0 Å². The van der Waals surface area contributed by atoms with Crippen LogP contribution >= 0.6 is 0 Å². The molecule has 2 rings (SSSR count). The number of rotatable bonds is 2. The van der Waals surface area contributed by atoms with E-state index in [2.05, 4.69) is 24.8 Å². The molecule has 86 valence electrons. The van der Waals surface area contributed by atoms with Crippen molar-refractivity contribution >= 4 is 0 Å². The first-order valence-electron chi connectivity index (χ1n) is 5.81. The molecule has 0 saturated carbocycles. The van der Waals surface area contributed by atoms with E-state index in [1.807, 2.05) is 0 Å². The number of ether oxygens (including phenoxy) is 1. The largest absolute Gasteiger partial charge is 0.379 e. The van der Waals surface area contributed by atoms with Crippen LogP contribution < -0.4 is 5.73 Å². The van der Waals surface area contributed by atoms with Gasteiger partial charge in [-0.2, -0.15) is 0 Å². The van der Waals surface area contributed by atoms with Crippen molar-refractivity contribution in [2.75, 3.05) is 32.8 Å². The van der Waals surface area contributed by atoms with Gasteiger partial charge in [0, 0.05) is 31.1 Å². The molecule has 0 aromatic carbocycles. The summed E-state index contributed by atoms with van der Waals surface area (Å²) in [6.07, 6.45) is 3.53. The van der Waals surface area contributed by atoms with Crippen molar-refractivity contribution in [2.24, 2.45) is 11.1 Å². The second-order valence-electron chi connectivity index (χ2n) is 5.31. The summed E-state index contributed by atoms with van der Waals surface area (Å²) in [6, 6.07) is 0.199. The molecule has 2 atom stereocenters. The van der Waals surface area contributed by atoms with E-state index in [-0.39, 0.29) is 11.5 Å². The topological polar surface area (TPSA) is 38.5 Å². The van der Waals surface area contributed by atoms with E-state index in [0.29, 0.717) is 0 Å². The Morgan fingerprint density at radius 3 is 3.00 bits per heavy atom. The van der Waals surface area contributed by atoms with Crippen LogP contribution in [0.3, 0.4) is 0 Å². The Balaban J connectivity index is 1.91. The van der Waals surface area contributed by atoms with E-state index in [4.69, 9.17) is 10.5 Å². The molecule has 2 aliphatic heterocycles. The van der Waals surface area contributed by atoms with E-state index < -0.39 is 0 Å². The lowest BCUT2D eigenvalue weighted by Gasteiger charge is -2.35. The van der Waals surface area contributed by atoms with Gasteiger partial charge in [0.25, 0.3) is 0 Å². The Morgan fingerprint density at radius 1 is 1.67 bits per heavy atom. The van der Waals surface area contributed by atoms with Gasteiger partial charge >= 0.3 is 0 Å². The highest BCUT2D eigenvalue weighted by Gasteiger charge is 2.38. The molecule has 3 heteroatoms. The van der Waals surface area contributed by atoms with E-state index in [9.17, 15) is 0 Å². The smallest absolute Gasteiger partial charge is 0.0624 e. The lowest BCUT2D eigenvalue weighted by molar-refractivity contribution is 0.123. The zero-order valence-electron chi connectivity index (χ0n) is 9.83. The summed E-state index contributed by atoms with van der Waals surface area (Å²) in [5.41, 5.74) is 7.76. The minimum absolute atomic E-state index is 0.152. The third-order valence-electron chi connectivity index (χ3n) is 3.73. The summed E-state index contributed by atoms with van der Waals surface area (Å²) < 4.78 is 5.47. The summed E-state index contributed by atoms with van der Waals surface area (Å²) in [7, 11) is 0. The monoisotopic (exact) mass is 210 g/mol. The second kappa shape index (κ2) is 4.24. The van der Waals surface area contributed by atoms with Gasteiger partial charge in [-0.15, -0.1) is 0 Å². The Kier molecular flexibility index (Phi) is 3.14. The number of nitrogens with two attached hydrogens (primary N) is 1. The van der Waals surface area contributed by atoms with Crippen molar-refractivity contribution in [1.29, 1.82) is 0 Å². The molecule has 0 aromatic rings. The molecular formula is C12H22N2O. The first-order valence-corrected chi connectivity index (χ1v) is 5.81. The van der Waals surface area contributed by atoms with Gasteiger partial charge < -0.3 is 10.5 Å². The first-order chi connectivity index (χ1) is 7.10. The minimum atomic E-state index is 0.152. The number of hydrogen-bond donors (Lipinski definition) is 1. The highest BCUT2D eigenvalue weighted by Crippen LogP contribution is 2.28. The molecule has 1 fully saturated rings. The summed E-state index contributed by atoms with van der Waals surface area (Å²) in [5.74, 6) is 0. The molecule has 0 amide bonds. The molecule has 0 aromatic heterocycles. The average molecular weight is 210 g/mol. The lowest BCUT2D eigenvalue weighted by atomic mass is 9.85. The van der Waals surface area contributed by atoms with Crippen molar-refractivity contribution in [3.63, 3.8) is 0 Å². The quantitative estimate of drug-likeness (QED) is 0.691. The maximum absolute atomic E-state index is 6.09. The Labute approximate surface area is 92.3 Å². The van der Waals surface area contributed by atoms with Crippen LogP contribution in [-0.4, -0.2) is 43.8 Å². The standard InChI is InChI=1S/C12H22N2O/c1-10-3-5-14(6-4-10)8-12(2)9-15-7-11(12)13/h3,11H,4-9,13H2,1-2H3. The zero-order valence-corrected chi connectivity index (χ0v) is 9.83. The highest BCUT2D eigenvalue weighted by atomic mass is 16.5. The van der Waals surface area contributed by atoms with Gasteiger partial charge in [0.1, 0.15) is 0 Å². The lowest BCUT2D eigenvalue weighted by Crippen LogP contribution is -2.47. The molecule has 2 N–H and O–H groups in total. The molecule has 0 radical (unpaired) electrons. The third kappa shape index (κ3) is 2.41. The highest BCUT2D eigenvalue weighted by molar-refractivity contribution is 5.05. The summed E-state index contributed by atoms with van der Waals surface area (Å²) in [5, 5.41) is 0. The molecular weight excluding hydrogens is 188 g/mol. The number of hydrogen-bond acceptors (Lipinski definition) is 3. The molecule has 2 heterocycles. The van der Waals surface area contributed by atoms with Crippen molar-refractivity contribution < 1.29 is 4.74 Å². The van der Waals surface area contributed by atoms with E-state index in [1.54, 1.807) is 0 Å². The predicted octanol–water partition coefficient (Wildman–Crippen LogP) is 1.00. The van der Waals surface area contributed by atoms with E-state index in [0.717, 1.165) is 26.3 Å². The first kappa shape index (κ1) is 11.1. The maximum atomic E-state index is 6.09. The molecule has 15 heavy (non-hydrogen) atoms. The summed E-state index contributed by atoms with van der Waals surface area (Å²) >= 11 is 0. The Bertz CT molecular complexity index is 264. The SMILES string of the molecule is CC1=CCN(CC2(C)COCC2N)CC1. The average Bonchev–Trinajstić information content (AvgIpc) is 2.51. The van der Waals surface area contributed by atoms with Gasteiger partial charge in [0.05, 0.1) is 13.2 Å². The van der Waals surface area contributed by atoms with Crippen LogP contribution in [0.5, 0.6) is 0 Å².